The SMILES string of the molecule is Cl.O=C(CCCOc1ccc2c(c1)CCC(=O)N2)NCC1=CCNCC1. The van der Waals surface area contributed by atoms with Gasteiger partial charge >= 0.3 is 0 Å². The summed E-state index contributed by atoms with van der Waals surface area (Å²) >= 11 is 0. The van der Waals surface area contributed by atoms with Crippen LogP contribution in [0.1, 0.15) is 31.2 Å². The summed E-state index contributed by atoms with van der Waals surface area (Å²) in [6.07, 6.45) is 5.55. The largest absolute Gasteiger partial charge is 0.494 e. The maximum absolute atomic E-state index is 11.9. The average Bonchev–Trinajstić information content (AvgIpc) is 2.64. The van der Waals surface area contributed by atoms with Gasteiger partial charge in [0.15, 0.2) is 0 Å². The number of fused-ring (bicyclic) bond motifs is 1. The van der Waals surface area contributed by atoms with Gasteiger partial charge in [-0.1, -0.05) is 11.6 Å². The Morgan fingerprint density at radius 3 is 2.92 bits per heavy atom. The maximum Gasteiger partial charge on any atom is 0.224 e. The van der Waals surface area contributed by atoms with Gasteiger partial charge in [-0.25, -0.2) is 0 Å². The predicted molar refractivity (Wildman–Crippen MR) is 104 cm³/mol. The quantitative estimate of drug-likeness (QED) is 0.501. The van der Waals surface area contributed by atoms with E-state index in [1.54, 1.807) is 0 Å². The van der Waals surface area contributed by atoms with E-state index in [1.165, 1.54) is 5.57 Å². The first-order valence-electron chi connectivity index (χ1n) is 8.91. The normalized spacial score (nSPS) is 15.8. The lowest BCUT2D eigenvalue weighted by atomic mass is 10.0. The van der Waals surface area contributed by atoms with Crippen LogP contribution in [0.2, 0.25) is 0 Å². The van der Waals surface area contributed by atoms with Gasteiger partial charge in [-0.2, -0.15) is 0 Å². The molecule has 0 unspecified atom stereocenters. The molecule has 0 spiro atoms. The molecule has 3 rings (SSSR count). The molecule has 0 aromatic heterocycles. The first-order chi connectivity index (χ1) is 12.2. The van der Waals surface area contributed by atoms with Gasteiger partial charge in [0.05, 0.1) is 6.61 Å². The molecule has 142 valence electrons. The van der Waals surface area contributed by atoms with Crippen molar-refractivity contribution < 1.29 is 14.3 Å². The molecule has 1 aromatic rings. The fraction of sp³-hybridized carbons (Fsp3) is 0.474. The van der Waals surface area contributed by atoms with Gasteiger partial charge < -0.3 is 20.7 Å². The lowest BCUT2D eigenvalue weighted by Crippen LogP contribution is -2.29. The van der Waals surface area contributed by atoms with Gasteiger partial charge in [0.2, 0.25) is 11.8 Å². The zero-order valence-electron chi connectivity index (χ0n) is 14.8. The third-order valence-electron chi connectivity index (χ3n) is 4.46. The van der Waals surface area contributed by atoms with Crippen LogP contribution >= 0.6 is 12.4 Å². The number of carbonyl (C=O) groups excluding carboxylic acids is 2. The molecule has 1 aromatic carbocycles. The molecule has 0 radical (unpaired) electrons. The highest BCUT2D eigenvalue weighted by molar-refractivity contribution is 5.94. The standard InChI is InChI=1S/C19H25N3O3.ClH/c23-18(21-13-14-7-9-20-10-8-14)2-1-11-25-16-4-5-17-15(12-16)3-6-19(24)22-17;/h4-5,7,12,20H,1-3,6,8-11,13H2,(H,21,23)(H,22,24);1H. The van der Waals surface area contributed by atoms with Gasteiger partial charge in [0.25, 0.3) is 0 Å². The van der Waals surface area contributed by atoms with Crippen molar-refractivity contribution in [3.05, 3.63) is 35.4 Å². The Morgan fingerprint density at radius 2 is 2.12 bits per heavy atom. The van der Waals surface area contributed by atoms with Crippen molar-refractivity contribution in [3.63, 3.8) is 0 Å². The molecule has 0 saturated heterocycles. The second-order valence-corrected chi connectivity index (χ2v) is 6.41. The van der Waals surface area contributed by atoms with E-state index < -0.39 is 0 Å². The summed E-state index contributed by atoms with van der Waals surface area (Å²) in [6.45, 7) is 3.03. The Labute approximate surface area is 160 Å². The molecule has 3 N–H and O–H groups in total. The molecule has 6 nitrogen and oxygen atoms in total. The number of benzene rings is 1. The highest BCUT2D eigenvalue weighted by Crippen LogP contribution is 2.26. The first-order valence-corrected chi connectivity index (χ1v) is 8.91. The third kappa shape index (κ3) is 6.04. The minimum absolute atomic E-state index is 0. The number of hydrogen-bond acceptors (Lipinski definition) is 4. The summed E-state index contributed by atoms with van der Waals surface area (Å²) in [7, 11) is 0. The van der Waals surface area contributed by atoms with Crippen molar-refractivity contribution >= 4 is 29.9 Å². The van der Waals surface area contributed by atoms with Crippen molar-refractivity contribution in [2.75, 3.05) is 31.6 Å². The number of aryl methyl sites for hydroxylation is 1. The molecule has 0 fully saturated rings. The Morgan fingerprint density at radius 1 is 1.23 bits per heavy atom. The van der Waals surface area contributed by atoms with Crippen molar-refractivity contribution in [3.8, 4) is 5.75 Å². The van der Waals surface area contributed by atoms with Gasteiger partial charge in [-0.15, -0.1) is 12.4 Å². The fourth-order valence-electron chi connectivity index (χ4n) is 3.00. The monoisotopic (exact) mass is 379 g/mol. The highest BCUT2D eigenvalue weighted by atomic mass is 35.5. The second-order valence-electron chi connectivity index (χ2n) is 6.41. The number of halogens is 1. The van der Waals surface area contributed by atoms with Crippen molar-refractivity contribution in [1.29, 1.82) is 0 Å². The van der Waals surface area contributed by atoms with Crippen LogP contribution in [0.4, 0.5) is 5.69 Å². The van der Waals surface area contributed by atoms with Crippen molar-refractivity contribution in [2.45, 2.75) is 32.1 Å². The topological polar surface area (TPSA) is 79.5 Å². The van der Waals surface area contributed by atoms with Crippen LogP contribution in [0.25, 0.3) is 0 Å². The van der Waals surface area contributed by atoms with Crippen molar-refractivity contribution in [2.24, 2.45) is 0 Å². The fourth-order valence-corrected chi connectivity index (χ4v) is 3.00. The molecule has 0 atom stereocenters. The second kappa shape index (κ2) is 10.2. The summed E-state index contributed by atoms with van der Waals surface area (Å²) in [5.41, 5.74) is 3.27. The summed E-state index contributed by atoms with van der Waals surface area (Å²) in [5.74, 6) is 0.916. The molecule has 0 aliphatic carbocycles. The molecule has 0 saturated carbocycles. The Hall–Kier alpha value is -2.05. The van der Waals surface area contributed by atoms with E-state index >= 15 is 0 Å². The van der Waals surface area contributed by atoms with Crippen LogP contribution in [0.5, 0.6) is 5.75 Å². The summed E-state index contributed by atoms with van der Waals surface area (Å²) < 4.78 is 5.73. The van der Waals surface area contributed by atoms with E-state index in [4.69, 9.17) is 4.74 Å². The highest BCUT2D eigenvalue weighted by Gasteiger charge is 2.15. The van der Waals surface area contributed by atoms with E-state index in [-0.39, 0.29) is 24.2 Å². The molecule has 26 heavy (non-hydrogen) atoms. The van der Waals surface area contributed by atoms with Crippen LogP contribution < -0.4 is 20.7 Å². The molecule has 2 aliphatic rings. The molecule has 2 aliphatic heterocycles. The van der Waals surface area contributed by atoms with Crippen LogP contribution in [0.15, 0.2) is 29.8 Å². The van der Waals surface area contributed by atoms with Gasteiger partial charge in [-0.05, 0) is 49.6 Å². The lowest BCUT2D eigenvalue weighted by Gasteiger charge is -2.17. The minimum Gasteiger partial charge on any atom is -0.494 e. The zero-order valence-corrected chi connectivity index (χ0v) is 15.6. The van der Waals surface area contributed by atoms with E-state index in [0.29, 0.717) is 32.4 Å². The summed E-state index contributed by atoms with van der Waals surface area (Å²) in [5, 5.41) is 9.07. The van der Waals surface area contributed by atoms with Crippen molar-refractivity contribution in [1.82, 2.24) is 10.6 Å². The third-order valence-corrected chi connectivity index (χ3v) is 4.46. The molecular formula is C19H26ClN3O3. The van der Waals surface area contributed by atoms with Crippen LogP contribution in [-0.4, -0.2) is 38.1 Å². The number of nitrogens with one attached hydrogen (secondary N) is 3. The van der Waals surface area contributed by atoms with Gasteiger partial charge in [-0.3, -0.25) is 9.59 Å². The number of ether oxygens (including phenoxy) is 1. The smallest absolute Gasteiger partial charge is 0.224 e. The molecule has 0 bridgehead atoms. The van der Waals surface area contributed by atoms with E-state index in [0.717, 1.165) is 42.9 Å². The van der Waals surface area contributed by atoms with Gasteiger partial charge in [0, 0.05) is 31.6 Å². The average molecular weight is 380 g/mol. The molecule has 2 heterocycles. The summed E-state index contributed by atoms with van der Waals surface area (Å²) in [4.78, 5) is 23.2. The van der Waals surface area contributed by atoms with Crippen LogP contribution in [0.3, 0.4) is 0 Å². The maximum atomic E-state index is 11.9. The number of anilines is 1. The molecule has 7 heteroatoms. The van der Waals surface area contributed by atoms with Crippen LogP contribution in [0, 0.1) is 0 Å². The molecular weight excluding hydrogens is 354 g/mol. The summed E-state index contributed by atoms with van der Waals surface area (Å²) in [6, 6.07) is 5.70. The predicted octanol–water partition coefficient (Wildman–Crippen LogP) is 2.19. The number of rotatable bonds is 7. The van der Waals surface area contributed by atoms with E-state index in [2.05, 4.69) is 22.0 Å². The minimum atomic E-state index is 0. The zero-order chi connectivity index (χ0) is 17.5. The Bertz CT molecular complexity index is 676. The Balaban J connectivity index is 0.00000243. The number of hydrogen-bond donors (Lipinski definition) is 3. The number of carbonyl (C=O) groups is 2. The van der Waals surface area contributed by atoms with E-state index in [9.17, 15) is 9.59 Å². The first kappa shape index (κ1) is 20.3. The lowest BCUT2D eigenvalue weighted by molar-refractivity contribution is -0.121. The van der Waals surface area contributed by atoms with Crippen LogP contribution in [-0.2, 0) is 16.0 Å². The number of amides is 2. The Kier molecular flexibility index (Phi) is 7.94. The molecule has 2 amide bonds. The van der Waals surface area contributed by atoms with Gasteiger partial charge in [0.1, 0.15) is 5.75 Å². The van der Waals surface area contributed by atoms with E-state index in [1.807, 2.05) is 18.2 Å².